The Hall–Kier alpha value is -1.78. The molecule has 0 aliphatic carbocycles. The van der Waals surface area contributed by atoms with Crippen molar-refractivity contribution in [2.75, 3.05) is 19.6 Å². The van der Waals surface area contributed by atoms with Crippen molar-refractivity contribution in [2.24, 2.45) is 5.73 Å². The number of hydrogen-bond acceptors (Lipinski definition) is 6. The van der Waals surface area contributed by atoms with Gasteiger partial charge in [0.05, 0.1) is 6.54 Å². The van der Waals surface area contributed by atoms with Crippen LogP contribution in [0, 0.1) is 0 Å². The van der Waals surface area contributed by atoms with E-state index < -0.39 is 23.9 Å². The van der Waals surface area contributed by atoms with Gasteiger partial charge in [-0.2, -0.15) is 0 Å². The van der Waals surface area contributed by atoms with E-state index in [1.807, 2.05) is 0 Å². The molecule has 2 saturated heterocycles. The van der Waals surface area contributed by atoms with Crippen LogP contribution in [0.3, 0.4) is 0 Å². The molecular formula is C12H22FN3O6. The first-order chi connectivity index (χ1) is 10.3. The molecule has 2 heterocycles. The van der Waals surface area contributed by atoms with E-state index in [2.05, 4.69) is 11.1 Å². The predicted octanol–water partition coefficient (Wildman–Crippen LogP) is -0.727. The molecule has 0 aromatic carbocycles. The maximum absolute atomic E-state index is 12.3. The Kier molecular flexibility index (Phi) is 10.00. The molecule has 2 fully saturated rings. The van der Waals surface area contributed by atoms with Crippen LogP contribution in [0.1, 0.15) is 25.7 Å². The maximum Gasteiger partial charge on any atom is 0.323 e. The van der Waals surface area contributed by atoms with Crippen molar-refractivity contribution in [3.8, 4) is 0 Å². The van der Waals surface area contributed by atoms with Crippen LogP contribution in [0.4, 0.5) is 4.48 Å². The predicted molar refractivity (Wildman–Crippen MR) is 73.8 cm³/mol. The van der Waals surface area contributed by atoms with E-state index in [-0.39, 0.29) is 19.1 Å². The number of nitrogens with two attached hydrogens (primary N) is 1. The summed E-state index contributed by atoms with van der Waals surface area (Å²) in [5.74, 6) is -2.75. The minimum atomic E-state index is -1.06. The molecule has 9 nitrogen and oxygen atoms in total. The summed E-state index contributed by atoms with van der Waals surface area (Å²) in [7, 11) is 0. The molecule has 0 spiro atoms. The molecular weight excluding hydrogens is 301 g/mol. The number of carboxylic acids is 3. The highest BCUT2D eigenvalue weighted by Gasteiger charge is 2.30. The van der Waals surface area contributed by atoms with Gasteiger partial charge >= 0.3 is 17.9 Å². The number of hydrogen-bond donors (Lipinski definition) is 5. The zero-order valence-electron chi connectivity index (χ0n) is 12.1. The van der Waals surface area contributed by atoms with Gasteiger partial charge in [-0.05, 0) is 32.2 Å². The van der Waals surface area contributed by atoms with Crippen LogP contribution in [-0.2, 0) is 14.4 Å². The minimum absolute atomic E-state index is 0.261. The minimum Gasteiger partial charge on any atom is -0.480 e. The van der Waals surface area contributed by atoms with Crippen molar-refractivity contribution < 1.29 is 34.2 Å². The Labute approximate surface area is 126 Å². The second kappa shape index (κ2) is 10.9. The highest BCUT2D eigenvalue weighted by atomic mass is 19.2. The number of carboxylic acid groups (broad SMARTS) is 3. The van der Waals surface area contributed by atoms with Crippen molar-refractivity contribution in [1.29, 1.82) is 0 Å². The number of halogens is 1. The van der Waals surface area contributed by atoms with Gasteiger partial charge in [-0.1, -0.05) is 0 Å². The molecule has 2 aliphatic heterocycles. The molecule has 0 aromatic heterocycles. The summed E-state index contributed by atoms with van der Waals surface area (Å²) in [6.45, 7) is 0.841. The van der Waals surface area contributed by atoms with E-state index in [4.69, 9.17) is 15.3 Å². The molecule has 0 bridgehead atoms. The van der Waals surface area contributed by atoms with E-state index in [0.29, 0.717) is 18.0 Å². The van der Waals surface area contributed by atoms with Gasteiger partial charge in [0, 0.05) is 6.54 Å². The Morgan fingerprint density at radius 3 is 1.91 bits per heavy atom. The quantitative estimate of drug-likeness (QED) is 0.423. The van der Waals surface area contributed by atoms with Crippen molar-refractivity contribution in [2.45, 2.75) is 37.8 Å². The fraction of sp³-hybridized carbons (Fsp3) is 0.750. The second-order valence-electron chi connectivity index (χ2n) is 4.70. The van der Waals surface area contributed by atoms with E-state index in [0.717, 1.165) is 19.4 Å². The Bertz CT molecular complexity index is 376. The summed E-state index contributed by atoms with van der Waals surface area (Å²) < 4.78 is 12.3. The van der Waals surface area contributed by atoms with E-state index >= 15 is 0 Å². The summed E-state index contributed by atoms with van der Waals surface area (Å²) in [6.07, 6.45) is 2.87. The molecule has 10 heteroatoms. The second-order valence-corrected chi connectivity index (χ2v) is 4.70. The molecule has 6 N–H and O–H groups in total. The van der Waals surface area contributed by atoms with Gasteiger partial charge in [-0.15, -0.1) is 9.60 Å². The number of carbonyl (C=O) groups is 3. The molecule has 22 heavy (non-hydrogen) atoms. The Balaban J connectivity index is 0.000000315. The molecule has 0 radical (unpaired) electrons. The first-order valence-electron chi connectivity index (χ1n) is 6.82. The van der Waals surface area contributed by atoms with Crippen molar-refractivity contribution in [3.63, 3.8) is 0 Å². The summed E-state index contributed by atoms with van der Waals surface area (Å²) in [5, 5.41) is 27.5. The number of nitrogens with zero attached hydrogens (tertiary/aromatic N) is 1. The van der Waals surface area contributed by atoms with Crippen LogP contribution in [0.2, 0.25) is 0 Å². The lowest BCUT2D eigenvalue weighted by Gasteiger charge is -2.07. The Morgan fingerprint density at radius 2 is 1.73 bits per heavy atom. The lowest BCUT2D eigenvalue weighted by molar-refractivity contribution is -0.148. The summed E-state index contributed by atoms with van der Waals surface area (Å²) in [4.78, 5) is 29.5. The summed E-state index contributed by atoms with van der Waals surface area (Å²) in [5.41, 5.74) is 4.57. The monoisotopic (exact) mass is 323 g/mol. The standard InChI is InChI=1S/C5H8FNO2.C5H9NO2.C2H5NO2/c6-7-3-1-2-4(7)5(8)9;7-5(8)4-2-1-3-6-4;3-1-2(4)5/h4H,1-3H2,(H,8,9);4,6H,1-3H2,(H,7,8);1,3H2,(H,4,5)/t2*4-;/m00./s1. The average Bonchev–Trinajstić information content (AvgIpc) is 3.10. The normalized spacial score (nSPS) is 23.7. The SMILES string of the molecule is NCC(=O)O.O=C(O)[C@@H]1CCCN1.O=C(O)[C@@H]1CCCN1F. The van der Waals surface area contributed by atoms with Gasteiger partial charge < -0.3 is 26.4 Å². The first kappa shape index (κ1) is 20.2. The van der Waals surface area contributed by atoms with Crippen LogP contribution in [0.25, 0.3) is 0 Å². The van der Waals surface area contributed by atoms with Gasteiger partial charge in [0.25, 0.3) is 0 Å². The van der Waals surface area contributed by atoms with Crippen molar-refractivity contribution in [1.82, 2.24) is 10.4 Å². The third kappa shape index (κ3) is 8.49. The molecule has 2 aliphatic rings. The van der Waals surface area contributed by atoms with E-state index in [9.17, 15) is 18.9 Å². The maximum atomic E-state index is 12.3. The lowest BCUT2D eigenvalue weighted by Crippen LogP contribution is -2.29. The van der Waals surface area contributed by atoms with Gasteiger partial charge in [-0.3, -0.25) is 14.4 Å². The molecule has 0 saturated carbocycles. The zero-order chi connectivity index (χ0) is 17.1. The van der Waals surface area contributed by atoms with E-state index in [1.165, 1.54) is 0 Å². The van der Waals surface area contributed by atoms with Gasteiger partial charge in [0.1, 0.15) is 12.1 Å². The van der Waals surface area contributed by atoms with Crippen molar-refractivity contribution >= 4 is 17.9 Å². The number of rotatable bonds is 3. The number of aliphatic carboxylic acids is 3. The van der Waals surface area contributed by atoms with E-state index in [1.54, 1.807) is 0 Å². The summed E-state index contributed by atoms with van der Waals surface area (Å²) >= 11 is 0. The lowest BCUT2D eigenvalue weighted by atomic mass is 10.2. The smallest absolute Gasteiger partial charge is 0.323 e. The first-order valence-corrected chi connectivity index (χ1v) is 6.82. The molecule has 0 unspecified atom stereocenters. The van der Waals surface area contributed by atoms with Gasteiger partial charge in [0.2, 0.25) is 0 Å². The fourth-order valence-electron chi connectivity index (χ4n) is 1.87. The topological polar surface area (TPSA) is 153 Å². The molecule has 0 amide bonds. The Morgan fingerprint density at radius 1 is 1.14 bits per heavy atom. The fourth-order valence-corrected chi connectivity index (χ4v) is 1.87. The van der Waals surface area contributed by atoms with Crippen LogP contribution in [-0.4, -0.2) is 70.1 Å². The molecule has 2 rings (SSSR count). The van der Waals surface area contributed by atoms with Crippen LogP contribution < -0.4 is 11.1 Å². The van der Waals surface area contributed by atoms with Gasteiger partial charge in [-0.25, -0.2) is 0 Å². The third-order valence-electron chi connectivity index (χ3n) is 3.01. The highest BCUT2D eigenvalue weighted by Crippen LogP contribution is 2.16. The largest absolute Gasteiger partial charge is 0.480 e. The number of nitrogens with one attached hydrogen (secondary N) is 1. The van der Waals surface area contributed by atoms with Crippen LogP contribution in [0.5, 0.6) is 0 Å². The molecule has 0 aromatic rings. The summed E-state index contributed by atoms with van der Waals surface area (Å²) in [6, 6.07) is -1.15. The molecule has 128 valence electrons. The third-order valence-corrected chi connectivity index (χ3v) is 3.01. The average molecular weight is 323 g/mol. The zero-order valence-corrected chi connectivity index (χ0v) is 12.1. The van der Waals surface area contributed by atoms with Crippen molar-refractivity contribution in [3.05, 3.63) is 0 Å². The van der Waals surface area contributed by atoms with Crippen LogP contribution in [0.15, 0.2) is 0 Å². The highest BCUT2D eigenvalue weighted by molar-refractivity contribution is 5.74. The van der Waals surface area contributed by atoms with Gasteiger partial charge in [0.15, 0.2) is 0 Å². The molecule has 2 atom stereocenters. The van der Waals surface area contributed by atoms with Crippen LogP contribution >= 0.6 is 0 Å².